The van der Waals surface area contributed by atoms with Gasteiger partial charge < -0.3 is 20.7 Å². The van der Waals surface area contributed by atoms with E-state index in [2.05, 4.69) is 20.7 Å². The summed E-state index contributed by atoms with van der Waals surface area (Å²) in [5, 5.41) is 10.2. The van der Waals surface area contributed by atoms with Crippen molar-refractivity contribution in [2.75, 3.05) is 30.7 Å². The minimum atomic E-state index is -1.02. The lowest BCUT2D eigenvalue weighted by Gasteiger charge is -2.32. The maximum absolute atomic E-state index is 14.1. The number of nitrogens with two attached hydrogens (primary N) is 1. The van der Waals surface area contributed by atoms with Crippen LogP contribution in [0.1, 0.15) is 96.7 Å². The molecule has 5 heterocycles. The molecule has 0 spiro atoms. The second-order valence-corrected chi connectivity index (χ2v) is 15.1. The van der Waals surface area contributed by atoms with Gasteiger partial charge in [-0.2, -0.15) is 5.10 Å². The Hall–Kier alpha value is -5.54. The van der Waals surface area contributed by atoms with Gasteiger partial charge in [0.2, 0.25) is 17.7 Å². The average molecular weight is 820 g/mol. The number of benzene rings is 2. The number of imide groups is 2. The van der Waals surface area contributed by atoms with Crippen LogP contribution in [0.5, 0.6) is 5.75 Å². The first-order chi connectivity index (χ1) is 27.4. The van der Waals surface area contributed by atoms with E-state index in [0.717, 1.165) is 41.7 Å². The van der Waals surface area contributed by atoms with Crippen LogP contribution in [0.4, 0.5) is 15.9 Å². The summed E-state index contributed by atoms with van der Waals surface area (Å²) in [5.74, 6) is -2.22. The number of fused-ring (bicyclic) bond motifs is 1. The van der Waals surface area contributed by atoms with Gasteiger partial charge in [-0.1, -0.05) is 35.7 Å². The zero-order valence-electron chi connectivity index (χ0n) is 31.1. The molecule has 2 atom stereocenters. The number of piperidine rings is 2. The van der Waals surface area contributed by atoms with Crippen LogP contribution < -0.4 is 21.1 Å². The van der Waals surface area contributed by atoms with E-state index in [1.54, 1.807) is 43.6 Å². The maximum atomic E-state index is 14.1. The van der Waals surface area contributed by atoms with E-state index in [9.17, 15) is 28.4 Å². The fraction of sp³-hybridized carbons (Fsp3) is 0.375. The van der Waals surface area contributed by atoms with E-state index < -0.39 is 41.6 Å². The van der Waals surface area contributed by atoms with Gasteiger partial charge in [0.25, 0.3) is 11.8 Å². The lowest BCUT2D eigenvalue weighted by Crippen LogP contribution is -2.54. The Kier molecular flexibility index (Phi) is 11.8. The second kappa shape index (κ2) is 16.9. The fourth-order valence-electron chi connectivity index (χ4n) is 7.56. The van der Waals surface area contributed by atoms with Gasteiger partial charge in [0.15, 0.2) is 11.6 Å². The highest BCUT2D eigenvalue weighted by Crippen LogP contribution is 2.38. The molecule has 0 saturated carbocycles. The molecular formula is C40H41Cl2FN8O6. The predicted molar refractivity (Wildman–Crippen MR) is 210 cm³/mol. The molecule has 3 aliphatic rings. The van der Waals surface area contributed by atoms with Crippen molar-refractivity contribution < 1.29 is 33.1 Å². The van der Waals surface area contributed by atoms with E-state index in [4.69, 9.17) is 33.7 Å². The number of hydrogen-bond acceptors (Lipinski definition) is 10. The molecule has 2 fully saturated rings. The van der Waals surface area contributed by atoms with Crippen LogP contribution in [0.3, 0.4) is 0 Å². The number of nitrogens with zero attached hydrogens (tertiary/aromatic N) is 5. The number of nitrogen functional groups attached to an aromatic ring is 1. The summed E-state index contributed by atoms with van der Waals surface area (Å²) in [6.45, 7) is 3.46. The first-order valence-corrected chi connectivity index (χ1v) is 19.6. The number of rotatable bonds is 13. The van der Waals surface area contributed by atoms with Crippen LogP contribution in [0.2, 0.25) is 10.0 Å². The summed E-state index contributed by atoms with van der Waals surface area (Å²) in [6, 6.07) is 8.42. The molecule has 0 radical (unpaired) electrons. The third-order valence-electron chi connectivity index (χ3n) is 10.6. The fourth-order valence-corrected chi connectivity index (χ4v) is 8.24. The first kappa shape index (κ1) is 39.7. The minimum Gasteiger partial charge on any atom is -0.482 e. The van der Waals surface area contributed by atoms with Gasteiger partial charge >= 0.3 is 0 Å². The van der Waals surface area contributed by atoms with Crippen molar-refractivity contribution in [1.82, 2.24) is 29.9 Å². The Morgan fingerprint density at radius 3 is 2.60 bits per heavy atom. The number of hydrogen-bond donors (Lipinski definition) is 3. The Morgan fingerprint density at radius 2 is 1.82 bits per heavy atom. The van der Waals surface area contributed by atoms with Crippen molar-refractivity contribution in [3.63, 3.8) is 0 Å². The molecular weight excluding hydrogens is 778 g/mol. The average Bonchev–Trinajstić information content (AvgIpc) is 3.79. The molecule has 57 heavy (non-hydrogen) atoms. The number of carbonyl (C=O) groups is 5. The minimum absolute atomic E-state index is 0.0569. The van der Waals surface area contributed by atoms with E-state index in [0.29, 0.717) is 49.5 Å². The second-order valence-electron chi connectivity index (χ2n) is 14.4. The molecule has 17 heteroatoms. The van der Waals surface area contributed by atoms with Crippen LogP contribution >= 0.6 is 23.2 Å². The molecule has 7 rings (SSSR count). The van der Waals surface area contributed by atoms with E-state index in [1.165, 1.54) is 12.1 Å². The Labute approximate surface area is 337 Å². The first-order valence-electron chi connectivity index (χ1n) is 18.9. The lowest BCUT2D eigenvalue weighted by molar-refractivity contribution is -0.136. The lowest BCUT2D eigenvalue weighted by atomic mass is 10.0. The van der Waals surface area contributed by atoms with Crippen molar-refractivity contribution in [2.24, 2.45) is 0 Å². The van der Waals surface area contributed by atoms with Crippen LogP contribution in [-0.4, -0.2) is 79.8 Å². The number of aromatic nitrogens is 3. The molecule has 5 amide bonds. The number of ether oxygens (including phenoxy) is 1. The van der Waals surface area contributed by atoms with Gasteiger partial charge in [-0.25, -0.2) is 9.37 Å². The van der Waals surface area contributed by atoms with Crippen molar-refractivity contribution in [3.05, 3.63) is 87.5 Å². The molecule has 3 aliphatic heterocycles. The van der Waals surface area contributed by atoms with Gasteiger partial charge in [0.1, 0.15) is 18.0 Å². The Bertz CT molecular complexity index is 2240. The normalized spacial score (nSPS) is 17.8. The van der Waals surface area contributed by atoms with E-state index in [1.807, 2.05) is 15.8 Å². The summed E-state index contributed by atoms with van der Waals surface area (Å²) >= 11 is 12.5. The van der Waals surface area contributed by atoms with Gasteiger partial charge in [0, 0.05) is 72.3 Å². The highest BCUT2D eigenvalue weighted by Gasteiger charge is 2.45. The van der Waals surface area contributed by atoms with Crippen molar-refractivity contribution >= 4 is 64.2 Å². The van der Waals surface area contributed by atoms with Crippen LogP contribution in [0, 0.1) is 5.82 Å². The van der Waals surface area contributed by atoms with Gasteiger partial charge in [0.05, 0.1) is 28.4 Å². The van der Waals surface area contributed by atoms with Gasteiger partial charge in [-0.05, 0) is 69.4 Å². The number of nitrogens with one attached hydrogen (secondary N) is 2. The van der Waals surface area contributed by atoms with E-state index >= 15 is 0 Å². The monoisotopic (exact) mass is 818 g/mol. The molecule has 2 aromatic carbocycles. The highest BCUT2D eigenvalue weighted by atomic mass is 35.5. The maximum Gasteiger partial charge on any atom is 0.264 e. The zero-order valence-corrected chi connectivity index (χ0v) is 32.6. The number of unbranched alkanes of at least 4 members (excludes halogenated alkanes) is 2. The Morgan fingerprint density at radius 1 is 1.04 bits per heavy atom. The number of carbonyl (C=O) groups excluding carboxylic acids is 5. The molecule has 4 N–H and O–H groups in total. The summed E-state index contributed by atoms with van der Waals surface area (Å²) in [4.78, 5) is 70.6. The molecule has 2 aromatic heterocycles. The van der Waals surface area contributed by atoms with Crippen molar-refractivity contribution in [1.29, 1.82) is 0 Å². The standard InChI is InChI=1S/C40H41Cl2FN8O6/c1-22(34-27(41)9-10-28(43)36(34)42)57-31-18-23(19-46-37(31)44)24-20-47-50(21-24)25-13-16-49(17-14-25)33(53)8-3-2-4-15-45-29-7-5-6-26-35(29)40(56)51(39(26)55)30-11-12-32(52)48-38(30)54/h5-7,9-10,18-22,25,30,45H,2-4,8,11-17H2,1H3,(H2,44,46)(H,48,52,54)/t22-,30?/m1/s1. The molecule has 1 unspecified atom stereocenters. The third-order valence-corrected chi connectivity index (χ3v) is 11.4. The molecule has 298 valence electrons. The number of anilines is 2. The zero-order chi connectivity index (χ0) is 40.4. The smallest absolute Gasteiger partial charge is 0.264 e. The molecule has 2 saturated heterocycles. The summed E-state index contributed by atoms with van der Waals surface area (Å²) in [5.41, 5.74) is 8.92. The number of likely N-dealkylation sites (tertiary alicyclic amines) is 1. The van der Waals surface area contributed by atoms with Gasteiger partial charge in [-0.3, -0.25) is 38.9 Å². The molecule has 4 aromatic rings. The van der Waals surface area contributed by atoms with Gasteiger partial charge in [-0.15, -0.1) is 0 Å². The SMILES string of the molecule is C[C@@H](Oc1cc(-c2cnn(C3CCN(C(=O)CCCCCNc4cccc5c4C(=O)N(C4CCC(=O)NC4=O)C5=O)CC3)c2)cnc1N)c1c(Cl)ccc(F)c1Cl. The van der Waals surface area contributed by atoms with E-state index in [-0.39, 0.29) is 51.8 Å². The largest absolute Gasteiger partial charge is 0.482 e. The number of amides is 5. The topological polar surface area (TPSA) is 182 Å². The summed E-state index contributed by atoms with van der Waals surface area (Å²) < 4.78 is 22.1. The van der Waals surface area contributed by atoms with Crippen LogP contribution in [0.25, 0.3) is 11.1 Å². The number of halogens is 3. The van der Waals surface area contributed by atoms with Crippen LogP contribution in [0.15, 0.2) is 55.0 Å². The quantitative estimate of drug-likeness (QED) is 0.0781. The summed E-state index contributed by atoms with van der Waals surface area (Å²) in [7, 11) is 0. The van der Waals surface area contributed by atoms with Crippen molar-refractivity contribution in [2.45, 2.75) is 76.5 Å². The highest BCUT2D eigenvalue weighted by molar-refractivity contribution is 6.36. The molecule has 0 bridgehead atoms. The van der Waals surface area contributed by atoms with Crippen LogP contribution in [-0.2, 0) is 14.4 Å². The number of pyridine rings is 1. The molecule has 14 nitrogen and oxygen atoms in total. The summed E-state index contributed by atoms with van der Waals surface area (Å²) in [6.07, 6.45) is 8.91. The Balaban J connectivity index is 0.851. The third kappa shape index (κ3) is 8.30. The van der Waals surface area contributed by atoms with Crippen molar-refractivity contribution in [3.8, 4) is 16.9 Å². The molecule has 0 aliphatic carbocycles. The predicted octanol–water partition coefficient (Wildman–Crippen LogP) is 6.35.